The number of rotatable bonds is 7. The zero-order valence-corrected chi connectivity index (χ0v) is 16.6. The summed E-state index contributed by atoms with van der Waals surface area (Å²) < 4.78 is 0. The van der Waals surface area contributed by atoms with E-state index in [1.807, 2.05) is 36.4 Å². The van der Waals surface area contributed by atoms with Gasteiger partial charge in [0.25, 0.3) is 5.91 Å². The maximum Gasteiger partial charge on any atom is 0.289 e. The number of nitrogens with one attached hydrogen (secondary N) is 2. The molecule has 0 saturated carbocycles. The Kier molecular flexibility index (Phi) is 6.45. The summed E-state index contributed by atoms with van der Waals surface area (Å²) in [5.41, 5.74) is 6.45. The molecule has 0 fully saturated rings. The Morgan fingerprint density at radius 1 is 1.14 bits per heavy atom. The topological polar surface area (TPSA) is 73.4 Å². The smallest absolute Gasteiger partial charge is 0.289 e. The minimum atomic E-state index is -0.358. The van der Waals surface area contributed by atoms with Crippen LogP contribution in [0, 0.1) is 0 Å². The first kappa shape index (κ1) is 19.6. The Balaban J connectivity index is 1.60. The van der Waals surface area contributed by atoms with Crippen LogP contribution in [0.3, 0.4) is 0 Å². The first-order valence-electron chi connectivity index (χ1n) is 9.10. The van der Waals surface area contributed by atoms with Crippen LogP contribution in [0.1, 0.15) is 29.9 Å². The van der Waals surface area contributed by atoms with E-state index in [2.05, 4.69) is 39.5 Å². The van der Waals surface area contributed by atoms with E-state index in [-0.39, 0.29) is 5.91 Å². The molecule has 0 radical (unpaired) electrons. The van der Waals surface area contributed by atoms with Gasteiger partial charge in [0.1, 0.15) is 5.69 Å². The maximum absolute atomic E-state index is 12.2. The van der Waals surface area contributed by atoms with Gasteiger partial charge >= 0.3 is 0 Å². The van der Waals surface area contributed by atoms with E-state index in [4.69, 9.17) is 11.6 Å². The maximum atomic E-state index is 12.2. The summed E-state index contributed by atoms with van der Waals surface area (Å²) >= 11 is 5.89. The number of hydrazone groups is 1. The molecule has 0 unspecified atom stereocenters. The molecule has 3 rings (SSSR count). The van der Waals surface area contributed by atoms with E-state index < -0.39 is 0 Å². The van der Waals surface area contributed by atoms with Gasteiger partial charge in [-0.2, -0.15) is 10.2 Å². The average molecular weight is 396 g/mol. The molecule has 2 aromatic carbocycles. The van der Waals surface area contributed by atoms with Crippen molar-refractivity contribution in [3.8, 4) is 11.3 Å². The minimum Gasteiger partial charge on any atom is -0.372 e. The van der Waals surface area contributed by atoms with Gasteiger partial charge in [0, 0.05) is 29.4 Å². The number of aromatic amines is 1. The predicted molar refractivity (Wildman–Crippen MR) is 114 cm³/mol. The highest BCUT2D eigenvalue weighted by Gasteiger charge is 2.10. The van der Waals surface area contributed by atoms with Crippen LogP contribution in [-0.2, 0) is 0 Å². The third-order valence-electron chi connectivity index (χ3n) is 4.36. The third kappa shape index (κ3) is 4.78. The van der Waals surface area contributed by atoms with Gasteiger partial charge in [0.2, 0.25) is 0 Å². The Morgan fingerprint density at radius 2 is 1.82 bits per heavy atom. The van der Waals surface area contributed by atoms with Gasteiger partial charge in [-0.1, -0.05) is 35.9 Å². The molecule has 7 heteroatoms. The average Bonchev–Trinajstić information content (AvgIpc) is 3.21. The number of carbonyl (C=O) groups is 1. The molecule has 3 aromatic rings. The number of aromatic nitrogens is 2. The summed E-state index contributed by atoms with van der Waals surface area (Å²) in [7, 11) is 0. The van der Waals surface area contributed by atoms with Crippen LogP contribution in [0.2, 0.25) is 5.02 Å². The highest BCUT2D eigenvalue weighted by molar-refractivity contribution is 6.30. The molecule has 0 atom stereocenters. The summed E-state index contributed by atoms with van der Waals surface area (Å²) in [6.07, 6.45) is 1.61. The predicted octanol–water partition coefficient (Wildman–Crippen LogP) is 4.34. The van der Waals surface area contributed by atoms with Crippen LogP contribution >= 0.6 is 11.6 Å². The van der Waals surface area contributed by atoms with Crippen molar-refractivity contribution < 1.29 is 4.79 Å². The van der Waals surface area contributed by atoms with Crippen molar-refractivity contribution in [2.45, 2.75) is 13.8 Å². The van der Waals surface area contributed by atoms with E-state index in [0.717, 1.165) is 24.2 Å². The summed E-state index contributed by atoms with van der Waals surface area (Å²) in [5.74, 6) is -0.358. The van der Waals surface area contributed by atoms with Crippen LogP contribution in [0.4, 0.5) is 5.69 Å². The zero-order chi connectivity index (χ0) is 19.9. The fourth-order valence-electron chi connectivity index (χ4n) is 2.79. The number of nitrogens with zero attached hydrogens (tertiary/aromatic N) is 3. The molecule has 28 heavy (non-hydrogen) atoms. The number of halogens is 1. The van der Waals surface area contributed by atoms with Crippen molar-refractivity contribution in [1.82, 2.24) is 15.6 Å². The van der Waals surface area contributed by atoms with E-state index in [0.29, 0.717) is 16.4 Å². The summed E-state index contributed by atoms with van der Waals surface area (Å²) in [5, 5.41) is 11.6. The second-order valence-corrected chi connectivity index (χ2v) is 6.57. The highest BCUT2D eigenvalue weighted by atomic mass is 35.5. The number of benzene rings is 2. The Bertz CT molecular complexity index is 944. The first-order chi connectivity index (χ1) is 13.6. The van der Waals surface area contributed by atoms with Crippen molar-refractivity contribution in [3.63, 3.8) is 0 Å². The molecule has 1 amide bonds. The Morgan fingerprint density at radius 3 is 2.46 bits per heavy atom. The second kappa shape index (κ2) is 9.19. The van der Waals surface area contributed by atoms with Gasteiger partial charge in [0.05, 0.1) is 11.9 Å². The highest BCUT2D eigenvalue weighted by Crippen LogP contribution is 2.20. The standard InChI is InChI=1S/C21H22ClN5O/c1-3-27(4-2)18-11-5-15(6-12-18)14-23-26-21(28)20-13-19(24-25-20)16-7-9-17(22)10-8-16/h5-14H,3-4H2,1-2H3,(H,24,25)(H,26,28). The zero-order valence-electron chi connectivity index (χ0n) is 15.8. The Labute approximate surface area is 169 Å². The van der Waals surface area contributed by atoms with Crippen molar-refractivity contribution in [3.05, 3.63) is 70.9 Å². The van der Waals surface area contributed by atoms with E-state index in [1.54, 1.807) is 24.4 Å². The van der Waals surface area contributed by atoms with Crippen LogP contribution in [0.15, 0.2) is 59.7 Å². The molecular formula is C21H22ClN5O. The molecule has 0 saturated heterocycles. The van der Waals surface area contributed by atoms with Crippen molar-refractivity contribution in [2.75, 3.05) is 18.0 Å². The van der Waals surface area contributed by atoms with Gasteiger partial charge in [-0.25, -0.2) is 5.43 Å². The number of carbonyl (C=O) groups excluding carboxylic acids is 1. The second-order valence-electron chi connectivity index (χ2n) is 6.14. The van der Waals surface area contributed by atoms with E-state index in [1.165, 1.54) is 5.69 Å². The lowest BCUT2D eigenvalue weighted by atomic mass is 10.1. The minimum absolute atomic E-state index is 0.332. The summed E-state index contributed by atoms with van der Waals surface area (Å²) in [4.78, 5) is 14.5. The van der Waals surface area contributed by atoms with E-state index >= 15 is 0 Å². The Hall–Kier alpha value is -3.12. The van der Waals surface area contributed by atoms with Crippen molar-refractivity contribution in [1.29, 1.82) is 0 Å². The number of amides is 1. The quantitative estimate of drug-likeness (QED) is 0.461. The van der Waals surface area contributed by atoms with Crippen LogP contribution in [0.25, 0.3) is 11.3 Å². The van der Waals surface area contributed by atoms with Crippen LogP contribution < -0.4 is 10.3 Å². The molecular weight excluding hydrogens is 374 g/mol. The van der Waals surface area contributed by atoms with Gasteiger partial charge in [-0.15, -0.1) is 0 Å². The lowest BCUT2D eigenvalue weighted by Gasteiger charge is -2.20. The third-order valence-corrected chi connectivity index (χ3v) is 4.62. The molecule has 0 bridgehead atoms. The number of H-pyrrole nitrogens is 1. The number of anilines is 1. The van der Waals surface area contributed by atoms with Crippen LogP contribution in [-0.4, -0.2) is 35.4 Å². The molecule has 0 aliphatic heterocycles. The van der Waals surface area contributed by atoms with Crippen LogP contribution in [0.5, 0.6) is 0 Å². The molecule has 1 heterocycles. The SMILES string of the molecule is CCN(CC)c1ccc(C=NNC(=O)c2cc(-c3ccc(Cl)cc3)n[nH]2)cc1. The molecule has 144 valence electrons. The fraction of sp³-hybridized carbons (Fsp3) is 0.190. The largest absolute Gasteiger partial charge is 0.372 e. The molecule has 0 aliphatic carbocycles. The summed E-state index contributed by atoms with van der Waals surface area (Å²) in [6.45, 7) is 6.18. The lowest BCUT2D eigenvalue weighted by molar-refractivity contribution is 0.0950. The molecule has 2 N–H and O–H groups in total. The van der Waals surface area contributed by atoms with Gasteiger partial charge < -0.3 is 4.90 Å². The van der Waals surface area contributed by atoms with E-state index in [9.17, 15) is 4.79 Å². The summed E-state index contributed by atoms with van der Waals surface area (Å²) in [6, 6.07) is 17.0. The molecule has 0 spiro atoms. The first-order valence-corrected chi connectivity index (χ1v) is 9.48. The van der Waals surface area contributed by atoms with Gasteiger partial charge in [-0.3, -0.25) is 9.89 Å². The van der Waals surface area contributed by atoms with Gasteiger partial charge in [0.15, 0.2) is 0 Å². The van der Waals surface area contributed by atoms with Gasteiger partial charge in [-0.05, 0) is 49.7 Å². The van der Waals surface area contributed by atoms with Crippen molar-refractivity contribution in [2.24, 2.45) is 5.10 Å². The molecule has 1 aromatic heterocycles. The lowest BCUT2D eigenvalue weighted by Crippen LogP contribution is -2.21. The monoisotopic (exact) mass is 395 g/mol. The fourth-order valence-corrected chi connectivity index (χ4v) is 2.92. The number of hydrogen-bond acceptors (Lipinski definition) is 4. The van der Waals surface area contributed by atoms with Crippen molar-refractivity contribution >= 4 is 29.4 Å². The molecule has 6 nitrogen and oxygen atoms in total. The normalized spacial score (nSPS) is 11.0. The number of hydrogen-bond donors (Lipinski definition) is 2. The molecule has 0 aliphatic rings.